The molecule has 1 heteroatoms. The maximum absolute atomic E-state index is 2.31. The van der Waals surface area contributed by atoms with Crippen molar-refractivity contribution in [3.05, 3.63) is 6.42 Å². The van der Waals surface area contributed by atoms with Gasteiger partial charge in [0, 0.05) is 0 Å². The molecule has 0 atom stereocenters. The Hall–Kier alpha value is 0.290. The molecule has 0 aromatic carbocycles. The lowest BCUT2D eigenvalue weighted by Crippen LogP contribution is -1.87. The number of rotatable bonds is 0. The molecule has 5 heavy (non-hydrogen) atoms. The lowest BCUT2D eigenvalue weighted by atomic mass is 10.0. The average molecular weight is 91.6 g/mol. The second-order valence-electron chi connectivity index (χ2n) is 1.22. The summed E-state index contributed by atoms with van der Waals surface area (Å²) in [5, 5.41) is 0. The molecule has 0 aromatic heterocycles. The number of hydrogen-bond donors (Lipinski definition) is 0. The first-order valence-electron chi connectivity index (χ1n) is 1.82. The normalized spacial score (nSPS) is 19.2. The summed E-state index contributed by atoms with van der Waals surface area (Å²) in [6, 6.07) is 0. The topological polar surface area (TPSA) is 0 Å². The van der Waals surface area contributed by atoms with Crippen molar-refractivity contribution in [1.29, 1.82) is 0 Å². The van der Waals surface area contributed by atoms with E-state index in [2.05, 4.69) is 6.42 Å². The van der Waals surface area contributed by atoms with E-state index in [1.54, 1.807) is 0 Å². The van der Waals surface area contributed by atoms with Crippen LogP contribution >= 0.6 is 12.4 Å². The summed E-state index contributed by atoms with van der Waals surface area (Å²) in [6.07, 6.45) is 6.50. The molecule has 0 aliphatic heterocycles. The molecule has 0 spiro atoms. The molecule has 0 nitrogen and oxygen atoms in total. The predicted molar refractivity (Wildman–Crippen MR) is 25.4 cm³/mol. The molecule has 0 N–H and O–H groups in total. The lowest BCUT2D eigenvalue weighted by molar-refractivity contribution is 0.652. The summed E-state index contributed by atoms with van der Waals surface area (Å²) < 4.78 is 0. The van der Waals surface area contributed by atoms with Crippen molar-refractivity contribution in [1.82, 2.24) is 0 Å². The molecular weight excluding hydrogens is 83.5 g/mol. The van der Waals surface area contributed by atoms with Gasteiger partial charge in [-0.3, -0.25) is 0 Å². The van der Waals surface area contributed by atoms with Gasteiger partial charge in [0.25, 0.3) is 0 Å². The Morgan fingerprint density at radius 3 is 1.40 bits per heavy atom. The van der Waals surface area contributed by atoms with Gasteiger partial charge in [-0.15, -0.1) is 12.4 Å². The summed E-state index contributed by atoms with van der Waals surface area (Å²) in [7, 11) is 0. The van der Waals surface area contributed by atoms with Crippen molar-refractivity contribution >= 4 is 12.4 Å². The van der Waals surface area contributed by atoms with Crippen molar-refractivity contribution in [2.24, 2.45) is 0 Å². The predicted octanol–water partition coefficient (Wildman–Crippen LogP) is 1.80. The number of halogens is 1. The van der Waals surface area contributed by atoms with E-state index in [1.807, 2.05) is 0 Å². The molecule has 1 aliphatic rings. The molecular formula is C4H8Cl. The third-order valence-corrected chi connectivity index (χ3v) is 0.816. The van der Waals surface area contributed by atoms with Gasteiger partial charge in [-0.05, 0) is 6.42 Å². The van der Waals surface area contributed by atoms with E-state index in [-0.39, 0.29) is 12.4 Å². The quantitative estimate of drug-likeness (QED) is 0.427. The zero-order valence-electron chi connectivity index (χ0n) is 3.11. The van der Waals surface area contributed by atoms with Crippen LogP contribution in [0.4, 0.5) is 0 Å². The molecule has 0 heterocycles. The van der Waals surface area contributed by atoms with E-state index >= 15 is 0 Å². The van der Waals surface area contributed by atoms with E-state index < -0.39 is 0 Å². The van der Waals surface area contributed by atoms with E-state index in [1.165, 1.54) is 19.3 Å². The molecule has 0 aromatic rings. The Balaban J connectivity index is 0.000000160. The average Bonchev–Trinajstić information content (AvgIpc) is 0.722. The lowest BCUT2D eigenvalue weighted by Gasteiger charge is -2.05. The van der Waals surface area contributed by atoms with E-state index in [9.17, 15) is 0 Å². The maximum Gasteiger partial charge on any atom is -0.0386 e. The molecule has 1 saturated carbocycles. The van der Waals surface area contributed by atoms with Gasteiger partial charge in [0.2, 0.25) is 0 Å². The van der Waals surface area contributed by atoms with Gasteiger partial charge < -0.3 is 0 Å². The first kappa shape index (κ1) is 5.29. The summed E-state index contributed by atoms with van der Waals surface area (Å²) in [6.45, 7) is 0. The molecule has 0 unspecified atom stereocenters. The molecule has 0 bridgehead atoms. The first-order chi connectivity index (χ1) is 2.00. The number of hydrogen-bond acceptors (Lipinski definition) is 0. The van der Waals surface area contributed by atoms with Crippen LogP contribution in [-0.2, 0) is 0 Å². The molecule has 1 rings (SSSR count). The zero-order chi connectivity index (χ0) is 2.83. The van der Waals surface area contributed by atoms with Gasteiger partial charge in [-0.1, -0.05) is 19.3 Å². The fraction of sp³-hybridized carbons (Fsp3) is 0.750. The van der Waals surface area contributed by atoms with Gasteiger partial charge in [-0.25, -0.2) is 0 Å². The second kappa shape index (κ2) is 2.52. The molecule has 1 fully saturated rings. The minimum Gasteiger partial charge on any atom is -0.147 e. The standard InChI is InChI=1S/C4H7.ClH/c1-2-4-3-1;/h1H,2-4H2;1H. The van der Waals surface area contributed by atoms with Gasteiger partial charge in [0.05, 0.1) is 0 Å². The minimum absolute atomic E-state index is 0. The Morgan fingerprint density at radius 1 is 1.20 bits per heavy atom. The van der Waals surface area contributed by atoms with E-state index in [4.69, 9.17) is 0 Å². The van der Waals surface area contributed by atoms with Crippen LogP contribution in [0.25, 0.3) is 0 Å². The van der Waals surface area contributed by atoms with Crippen molar-refractivity contribution in [2.45, 2.75) is 19.3 Å². The molecule has 0 saturated heterocycles. The van der Waals surface area contributed by atoms with E-state index in [0.29, 0.717) is 0 Å². The van der Waals surface area contributed by atoms with Gasteiger partial charge >= 0.3 is 0 Å². The monoisotopic (exact) mass is 91.0 g/mol. The Kier molecular flexibility index (Phi) is 2.67. The third-order valence-electron chi connectivity index (χ3n) is 0.816. The van der Waals surface area contributed by atoms with Crippen molar-refractivity contribution < 1.29 is 0 Å². The third kappa shape index (κ3) is 1.22. The van der Waals surface area contributed by atoms with Crippen molar-refractivity contribution in [2.75, 3.05) is 0 Å². The largest absolute Gasteiger partial charge is 0.147 e. The highest BCUT2D eigenvalue weighted by molar-refractivity contribution is 5.85. The van der Waals surface area contributed by atoms with Crippen LogP contribution in [-0.4, -0.2) is 0 Å². The van der Waals surface area contributed by atoms with Crippen molar-refractivity contribution in [3.63, 3.8) is 0 Å². The van der Waals surface area contributed by atoms with Gasteiger partial charge in [-0.2, -0.15) is 0 Å². The van der Waals surface area contributed by atoms with E-state index in [0.717, 1.165) is 0 Å². The summed E-state index contributed by atoms with van der Waals surface area (Å²) in [5.41, 5.74) is 0. The van der Waals surface area contributed by atoms with Crippen LogP contribution in [0.15, 0.2) is 0 Å². The zero-order valence-corrected chi connectivity index (χ0v) is 3.92. The fourth-order valence-corrected chi connectivity index (χ4v) is 0.204. The highest BCUT2D eigenvalue weighted by Gasteiger charge is 1.95. The highest BCUT2D eigenvalue weighted by atomic mass is 35.5. The molecule has 31 valence electrons. The Morgan fingerprint density at radius 2 is 1.40 bits per heavy atom. The van der Waals surface area contributed by atoms with Crippen LogP contribution in [0.5, 0.6) is 0 Å². The first-order valence-corrected chi connectivity index (χ1v) is 1.82. The Labute approximate surface area is 39.0 Å². The molecule has 0 amide bonds. The Bertz CT molecular complexity index is 11.6. The molecule has 1 aliphatic carbocycles. The fourth-order valence-electron chi connectivity index (χ4n) is 0.204. The van der Waals surface area contributed by atoms with Gasteiger partial charge in [0.15, 0.2) is 0 Å². The summed E-state index contributed by atoms with van der Waals surface area (Å²) in [5.74, 6) is 0. The highest BCUT2D eigenvalue weighted by Crippen LogP contribution is 2.13. The molecule has 1 radical (unpaired) electrons. The van der Waals surface area contributed by atoms with Crippen LogP contribution in [0.2, 0.25) is 0 Å². The van der Waals surface area contributed by atoms with Crippen LogP contribution in [0.1, 0.15) is 19.3 Å². The van der Waals surface area contributed by atoms with Crippen molar-refractivity contribution in [3.8, 4) is 0 Å². The van der Waals surface area contributed by atoms with Crippen LogP contribution < -0.4 is 0 Å². The summed E-state index contributed by atoms with van der Waals surface area (Å²) in [4.78, 5) is 0. The summed E-state index contributed by atoms with van der Waals surface area (Å²) >= 11 is 0. The van der Waals surface area contributed by atoms with Gasteiger partial charge in [0.1, 0.15) is 0 Å². The second-order valence-corrected chi connectivity index (χ2v) is 1.22. The van der Waals surface area contributed by atoms with Crippen LogP contribution in [0, 0.1) is 6.42 Å². The smallest absolute Gasteiger partial charge is 0.0386 e. The SMILES string of the molecule is Cl.[CH]1CCC1. The van der Waals surface area contributed by atoms with Crippen LogP contribution in [0.3, 0.4) is 0 Å². The maximum atomic E-state index is 2.31. The minimum atomic E-state index is 0.